The van der Waals surface area contributed by atoms with Gasteiger partial charge < -0.3 is 10.1 Å². The SMILES string of the molecule is CCOC(=O)Nc1nnc(SCC(=O)Nc2nc(-c3c(C)cc(C)cc3C)cs2)s1. The van der Waals surface area contributed by atoms with Crippen molar-refractivity contribution in [3.05, 3.63) is 34.2 Å². The lowest BCUT2D eigenvalue weighted by Crippen LogP contribution is -2.13. The number of nitrogens with zero attached hydrogens (tertiary/aromatic N) is 3. The van der Waals surface area contributed by atoms with Crippen LogP contribution >= 0.6 is 34.4 Å². The number of aryl methyl sites for hydroxylation is 3. The Labute approximate surface area is 186 Å². The minimum absolute atomic E-state index is 0.158. The molecular weight excluding hydrogens is 442 g/mol. The van der Waals surface area contributed by atoms with Crippen molar-refractivity contribution in [3.63, 3.8) is 0 Å². The van der Waals surface area contributed by atoms with E-state index in [0.717, 1.165) is 22.4 Å². The molecular formula is C19H21N5O3S3. The zero-order valence-electron chi connectivity index (χ0n) is 16.9. The van der Waals surface area contributed by atoms with Gasteiger partial charge in [0.15, 0.2) is 9.47 Å². The Morgan fingerprint density at radius 1 is 1.10 bits per heavy atom. The number of thioether (sulfide) groups is 1. The van der Waals surface area contributed by atoms with Crippen LogP contribution in [0, 0.1) is 20.8 Å². The van der Waals surface area contributed by atoms with E-state index in [9.17, 15) is 9.59 Å². The van der Waals surface area contributed by atoms with Crippen molar-refractivity contribution >= 4 is 56.7 Å². The summed E-state index contributed by atoms with van der Waals surface area (Å²) in [7, 11) is 0. The number of benzene rings is 1. The van der Waals surface area contributed by atoms with Gasteiger partial charge in [-0.15, -0.1) is 21.5 Å². The van der Waals surface area contributed by atoms with Gasteiger partial charge in [0.1, 0.15) is 0 Å². The summed E-state index contributed by atoms with van der Waals surface area (Å²) in [5.41, 5.74) is 5.50. The first-order valence-electron chi connectivity index (χ1n) is 9.09. The van der Waals surface area contributed by atoms with Gasteiger partial charge in [0.2, 0.25) is 11.0 Å². The van der Waals surface area contributed by atoms with Crippen LogP contribution in [0.2, 0.25) is 0 Å². The maximum Gasteiger partial charge on any atom is 0.413 e. The van der Waals surface area contributed by atoms with Crippen LogP contribution in [0.3, 0.4) is 0 Å². The van der Waals surface area contributed by atoms with Crippen molar-refractivity contribution in [2.24, 2.45) is 0 Å². The fraction of sp³-hybridized carbons (Fsp3) is 0.316. The number of hydrogen-bond donors (Lipinski definition) is 2. The minimum atomic E-state index is -0.582. The van der Waals surface area contributed by atoms with E-state index in [1.54, 1.807) is 6.92 Å². The molecule has 8 nitrogen and oxygen atoms in total. The molecule has 0 saturated carbocycles. The van der Waals surface area contributed by atoms with Crippen molar-refractivity contribution in [3.8, 4) is 11.3 Å². The molecule has 0 aliphatic carbocycles. The zero-order chi connectivity index (χ0) is 21.7. The number of thiazole rings is 1. The van der Waals surface area contributed by atoms with E-state index < -0.39 is 6.09 Å². The molecule has 0 saturated heterocycles. The van der Waals surface area contributed by atoms with Crippen LogP contribution in [0.25, 0.3) is 11.3 Å². The fourth-order valence-electron chi connectivity index (χ4n) is 2.89. The summed E-state index contributed by atoms with van der Waals surface area (Å²) in [4.78, 5) is 28.2. The molecule has 0 spiro atoms. The Kier molecular flexibility index (Phi) is 7.40. The Morgan fingerprint density at radius 2 is 1.83 bits per heavy atom. The highest BCUT2D eigenvalue weighted by atomic mass is 32.2. The number of ether oxygens (including phenoxy) is 1. The molecule has 0 fully saturated rings. The van der Waals surface area contributed by atoms with Crippen LogP contribution in [-0.2, 0) is 9.53 Å². The molecule has 0 bridgehead atoms. The first-order valence-corrected chi connectivity index (χ1v) is 11.8. The number of nitrogens with one attached hydrogen (secondary N) is 2. The van der Waals surface area contributed by atoms with Crippen molar-refractivity contribution in [1.29, 1.82) is 0 Å². The largest absolute Gasteiger partial charge is 0.450 e. The van der Waals surface area contributed by atoms with Gasteiger partial charge >= 0.3 is 6.09 Å². The topological polar surface area (TPSA) is 106 Å². The number of amides is 2. The number of carbonyl (C=O) groups is 2. The molecule has 0 atom stereocenters. The summed E-state index contributed by atoms with van der Waals surface area (Å²) in [6.45, 7) is 8.19. The monoisotopic (exact) mass is 463 g/mol. The van der Waals surface area contributed by atoms with Crippen molar-refractivity contribution in [1.82, 2.24) is 15.2 Å². The molecule has 3 aromatic rings. The fourth-order valence-corrected chi connectivity index (χ4v) is 5.14. The smallest absolute Gasteiger partial charge is 0.413 e. The normalized spacial score (nSPS) is 10.7. The molecule has 2 heterocycles. The van der Waals surface area contributed by atoms with Crippen molar-refractivity contribution in [2.75, 3.05) is 23.0 Å². The highest BCUT2D eigenvalue weighted by Crippen LogP contribution is 2.31. The van der Waals surface area contributed by atoms with Crippen LogP contribution < -0.4 is 10.6 Å². The molecule has 2 N–H and O–H groups in total. The van der Waals surface area contributed by atoms with E-state index >= 15 is 0 Å². The standard InChI is InChI=1S/C19H21N5O3S3/c1-5-27-18(26)22-17-23-24-19(30-17)29-9-14(25)21-16-20-13(8-28-16)15-11(3)6-10(2)7-12(15)4/h6-8H,5,9H2,1-4H3,(H,20,21,25)(H,22,23,26). The first-order chi connectivity index (χ1) is 14.4. The maximum atomic E-state index is 12.3. The highest BCUT2D eigenvalue weighted by Gasteiger charge is 2.14. The van der Waals surface area contributed by atoms with Gasteiger partial charge in [0, 0.05) is 10.9 Å². The third-order valence-corrected chi connectivity index (χ3v) is 6.63. The average Bonchev–Trinajstić information content (AvgIpc) is 3.29. The summed E-state index contributed by atoms with van der Waals surface area (Å²) in [6, 6.07) is 4.26. The Morgan fingerprint density at radius 3 is 2.53 bits per heavy atom. The summed E-state index contributed by atoms with van der Waals surface area (Å²) in [5, 5.41) is 15.9. The van der Waals surface area contributed by atoms with E-state index in [4.69, 9.17) is 4.74 Å². The zero-order valence-corrected chi connectivity index (χ0v) is 19.4. The molecule has 11 heteroatoms. The summed E-state index contributed by atoms with van der Waals surface area (Å²) >= 11 is 3.81. The van der Waals surface area contributed by atoms with Gasteiger partial charge in [0.05, 0.1) is 18.1 Å². The van der Waals surface area contributed by atoms with Crippen LogP contribution in [0.5, 0.6) is 0 Å². The summed E-state index contributed by atoms with van der Waals surface area (Å²) in [6.07, 6.45) is -0.582. The van der Waals surface area contributed by atoms with Gasteiger partial charge in [-0.25, -0.2) is 9.78 Å². The first kappa shape index (κ1) is 22.2. The third kappa shape index (κ3) is 5.77. The van der Waals surface area contributed by atoms with Crippen LogP contribution in [0.15, 0.2) is 21.9 Å². The lowest BCUT2D eigenvalue weighted by atomic mass is 9.98. The highest BCUT2D eigenvalue weighted by molar-refractivity contribution is 8.01. The number of anilines is 2. The summed E-state index contributed by atoms with van der Waals surface area (Å²) < 4.78 is 5.36. The molecule has 0 aliphatic heterocycles. The quantitative estimate of drug-likeness (QED) is 0.380. The number of hydrogen-bond acceptors (Lipinski definition) is 9. The molecule has 0 unspecified atom stereocenters. The number of rotatable bonds is 7. The average molecular weight is 464 g/mol. The molecule has 1 aromatic carbocycles. The van der Waals surface area contributed by atoms with Gasteiger partial charge in [-0.3, -0.25) is 10.1 Å². The second kappa shape index (κ2) is 10.0. The van der Waals surface area contributed by atoms with Crippen molar-refractivity contribution < 1.29 is 14.3 Å². The molecule has 2 aromatic heterocycles. The second-order valence-electron chi connectivity index (χ2n) is 6.37. The van der Waals surface area contributed by atoms with Gasteiger partial charge in [-0.05, 0) is 38.8 Å². The molecule has 3 rings (SSSR count). The molecule has 2 amide bonds. The number of carbonyl (C=O) groups excluding carboxylic acids is 2. The van der Waals surface area contributed by atoms with Gasteiger partial charge in [-0.2, -0.15) is 0 Å². The van der Waals surface area contributed by atoms with E-state index in [2.05, 4.69) is 58.7 Å². The predicted molar refractivity (Wildman–Crippen MR) is 122 cm³/mol. The third-order valence-electron chi connectivity index (χ3n) is 3.90. The Balaban J connectivity index is 1.55. The van der Waals surface area contributed by atoms with Crippen LogP contribution in [0.1, 0.15) is 23.6 Å². The maximum absolute atomic E-state index is 12.3. The molecule has 0 radical (unpaired) electrons. The predicted octanol–water partition coefficient (Wildman–Crippen LogP) is 4.89. The van der Waals surface area contributed by atoms with Crippen LogP contribution in [-0.4, -0.2) is 39.5 Å². The Hall–Kier alpha value is -2.50. The van der Waals surface area contributed by atoms with E-state index in [0.29, 0.717) is 14.6 Å². The lowest BCUT2D eigenvalue weighted by Gasteiger charge is -2.08. The Bertz CT molecular complexity index is 1040. The van der Waals surface area contributed by atoms with E-state index in [1.165, 1.54) is 40.0 Å². The molecule has 158 valence electrons. The lowest BCUT2D eigenvalue weighted by molar-refractivity contribution is -0.113. The molecule has 0 aliphatic rings. The van der Waals surface area contributed by atoms with E-state index in [1.807, 2.05) is 5.38 Å². The van der Waals surface area contributed by atoms with Gasteiger partial charge in [0.25, 0.3) is 0 Å². The van der Waals surface area contributed by atoms with E-state index in [-0.39, 0.29) is 18.3 Å². The second-order valence-corrected chi connectivity index (χ2v) is 9.43. The van der Waals surface area contributed by atoms with Crippen LogP contribution in [0.4, 0.5) is 15.1 Å². The minimum Gasteiger partial charge on any atom is -0.450 e. The van der Waals surface area contributed by atoms with Gasteiger partial charge in [-0.1, -0.05) is 40.8 Å². The molecule has 30 heavy (non-hydrogen) atoms. The number of aromatic nitrogens is 3. The summed E-state index contributed by atoms with van der Waals surface area (Å²) in [5.74, 6) is -0.0284. The van der Waals surface area contributed by atoms with Crippen molar-refractivity contribution in [2.45, 2.75) is 32.0 Å².